The second-order valence-electron chi connectivity index (χ2n) is 7.41. The number of benzene rings is 3. The molecule has 0 saturated heterocycles. The van der Waals surface area contributed by atoms with Crippen molar-refractivity contribution in [3.8, 4) is 11.5 Å². The van der Waals surface area contributed by atoms with Crippen molar-refractivity contribution in [2.75, 3.05) is 26.1 Å². The molecule has 3 aromatic carbocycles. The standard InChI is InChI=1S/C24H24N2O5S/c1-30-20-10-11-22(23(15-20)31-2)25-24(27)18-8-5-9-21(14-18)32(28,29)26-13-12-17-6-3-4-7-19(17)16-26/h3-11,14-15H,12-13,16H2,1-2H3,(H,25,27). The molecule has 32 heavy (non-hydrogen) atoms. The van der Waals surface area contributed by atoms with E-state index in [2.05, 4.69) is 5.32 Å². The zero-order valence-electron chi connectivity index (χ0n) is 17.9. The summed E-state index contributed by atoms with van der Waals surface area (Å²) in [4.78, 5) is 12.9. The summed E-state index contributed by atoms with van der Waals surface area (Å²) < 4.78 is 38.5. The topological polar surface area (TPSA) is 84.9 Å². The molecule has 4 rings (SSSR count). The van der Waals surface area contributed by atoms with Crippen molar-refractivity contribution in [1.29, 1.82) is 0 Å². The number of fused-ring (bicyclic) bond motifs is 1. The molecular formula is C24H24N2O5S. The SMILES string of the molecule is COc1ccc(NC(=O)c2cccc(S(=O)(=O)N3CCc4ccccc4C3)c2)c(OC)c1. The van der Waals surface area contributed by atoms with E-state index in [1.807, 2.05) is 24.3 Å². The van der Waals surface area contributed by atoms with Crippen LogP contribution in [-0.4, -0.2) is 39.4 Å². The van der Waals surface area contributed by atoms with Gasteiger partial charge in [0.1, 0.15) is 11.5 Å². The first kappa shape index (κ1) is 21.9. The van der Waals surface area contributed by atoms with Crippen LogP contribution in [0.3, 0.4) is 0 Å². The Morgan fingerprint density at radius 2 is 1.72 bits per heavy atom. The summed E-state index contributed by atoms with van der Waals surface area (Å²) in [5.74, 6) is 0.596. The van der Waals surface area contributed by atoms with Gasteiger partial charge in [0.25, 0.3) is 5.91 Å². The normalized spacial score (nSPS) is 13.8. The Labute approximate surface area is 187 Å². The molecule has 1 heterocycles. The van der Waals surface area contributed by atoms with E-state index in [0.29, 0.717) is 36.7 Å². The molecule has 0 saturated carbocycles. The average Bonchev–Trinajstić information content (AvgIpc) is 2.84. The maximum absolute atomic E-state index is 13.3. The first-order valence-corrected chi connectivity index (χ1v) is 11.6. The summed E-state index contributed by atoms with van der Waals surface area (Å²) in [7, 11) is -0.707. The van der Waals surface area contributed by atoms with Crippen LogP contribution in [0.15, 0.2) is 71.6 Å². The Morgan fingerprint density at radius 1 is 0.938 bits per heavy atom. The van der Waals surface area contributed by atoms with E-state index in [0.717, 1.165) is 5.56 Å². The summed E-state index contributed by atoms with van der Waals surface area (Å²) in [5, 5.41) is 2.77. The Morgan fingerprint density at radius 3 is 2.47 bits per heavy atom. The molecule has 0 aliphatic carbocycles. The summed E-state index contributed by atoms with van der Waals surface area (Å²) in [6.07, 6.45) is 0.660. The molecule has 1 aliphatic heterocycles. The van der Waals surface area contributed by atoms with Crippen LogP contribution < -0.4 is 14.8 Å². The third kappa shape index (κ3) is 4.32. The van der Waals surface area contributed by atoms with Crippen LogP contribution in [0.2, 0.25) is 0 Å². The van der Waals surface area contributed by atoms with E-state index >= 15 is 0 Å². The van der Waals surface area contributed by atoms with Gasteiger partial charge in [0.2, 0.25) is 10.0 Å². The third-order valence-electron chi connectivity index (χ3n) is 5.49. The third-order valence-corrected chi connectivity index (χ3v) is 7.33. The minimum Gasteiger partial charge on any atom is -0.497 e. The highest BCUT2D eigenvalue weighted by molar-refractivity contribution is 7.89. The number of hydrogen-bond acceptors (Lipinski definition) is 5. The molecule has 1 aliphatic rings. The van der Waals surface area contributed by atoms with Crippen LogP contribution in [0.1, 0.15) is 21.5 Å². The fourth-order valence-corrected chi connectivity index (χ4v) is 5.18. The quantitative estimate of drug-likeness (QED) is 0.616. The molecule has 0 atom stereocenters. The van der Waals surface area contributed by atoms with E-state index in [1.165, 1.54) is 29.1 Å². The summed E-state index contributed by atoms with van der Waals surface area (Å²) >= 11 is 0. The van der Waals surface area contributed by atoms with Gasteiger partial charge in [-0.05, 0) is 47.9 Å². The van der Waals surface area contributed by atoms with E-state index in [-0.39, 0.29) is 10.5 Å². The molecule has 8 heteroatoms. The smallest absolute Gasteiger partial charge is 0.255 e. The molecule has 1 N–H and O–H groups in total. The number of nitrogens with zero attached hydrogens (tertiary/aromatic N) is 1. The Bertz CT molecular complexity index is 1260. The molecule has 0 aromatic heterocycles. The van der Waals surface area contributed by atoms with E-state index in [1.54, 1.807) is 37.4 Å². The van der Waals surface area contributed by atoms with E-state index in [9.17, 15) is 13.2 Å². The van der Waals surface area contributed by atoms with Gasteiger partial charge in [-0.3, -0.25) is 4.79 Å². The highest BCUT2D eigenvalue weighted by atomic mass is 32.2. The van der Waals surface area contributed by atoms with E-state index < -0.39 is 15.9 Å². The van der Waals surface area contributed by atoms with Gasteiger partial charge in [-0.15, -0.1) is 0 Å². The molecular weight excluding hydrogens is 428 g/mol. The van der Waals surface area contributed by atoms with Crippen LogP contribution in [0.4, 0.5) is 5.69 Å². The predicted molar refractivity (Wildman–Crippen MR) is 122 cm³/mol. The van der Waals surface area contributed by atoms with Gasteiger partial charge in [0, 0.05) is 24.7 Å². The van der Waals surface area contributed by atoms with Gasteiger partial charge in [-0.2, -0.15) is 4.31 Å². The van der Waals surface area contributed by atoms with Gasteiger partial charge in [0.05, 0.1) is 24.8 Å². The number of nitrogens with one attached hydrogen (secondary N) is 1. The maximum atomic E-state index is 13.3. The van der Waals surface area contributed by atoms with Gasteiger partial charge >= 0.3 is 0 Å². The molecule has 166 valence electrons. The first-order chi connectivity index (χ1) is 15.4. The second-order valence-corrected chi connectivity index (χ2v) is 9.34. The van der Waals surface area contributed by atoms with Gasteiger partial charge in [0.15, 0.2) is 0 Å². The molecule has 0 radical (unpaired) electrons. The number of methoxy groups -OCH3 is 2. The van der Waals surface area contributed by atoms with E-state index in [4.69, 9.17) is 9.47 Å². The minimum absolute atomic E-state index is 0.0891. The number of rotatable bonds is 6. The molecule has 1 amide bonds. The van der Waals surface area contributed by atoms with Crippen LogP contribution in [-0.2, 0) is 23.0 Å². The predicted octanol–water partition coefficient (Wildman–Crippen LogP) is 3.70. The van der Waals surface area contributed by atoms with Gasteiger partial charge in [-0.1, -0.05) is 30.3 Å². The van der Waals surface area contributed by atoms with Crippen molar-refractivity contribution in [3.05, 3.63) is 83.4 Å². The molecule has 7 nitrogen and oxygen atoms in total. The summed E-state index contributed by atoms with van der Waals surface area (Å²) in [6.45, 7) is 0.719. The molecule has 3 aromatic rings. The highest BCUT2D eigenvalue weighted by Crippen LogP contribution is 2.30. The number of hydrogen-bond donors (Lipinski definition) is 1. The average molecular weight is 453 g/mol. The Balaban J connectivity index is 1.56. The minimum atomic E-state index is -3.74. The molecule has 0 spiro atoms. The number of ether oxygens (including phenoxy) is 2. The zero-order valence-corrected chi connectivity index (χ0v) is 18.7. The summed E-state index contributed by atoms with van der Waals surface area (Å²) in [5.41, 5.74) is 2.86. The molecule has 0 fully saturated rings. The zero-order chi connectivity index (χ0) is 22.7. The fourth-order valence-electron chi connectivity index (χ4n) is 3.72. The van der Waals surface area contributed by atoms with Crippen LogP contribution in [0.5, 0.6) is 11.5 Å². The number of carbonyl (C=O) groups is 1. The summed E-state index contributed by atoms with van der Waals surface area (Å²) in [6, 6.07) is 18.9. The van der Waals surface area contributed by atoms with Crippen LogP contribution in [0, 0.1) is 0 Å². The lowest BCUT2D eigenvalue weighted by Gasteiger charge is -2.28. The molecule has 0 bridgehead atoms. The van der Waals surface area contributed by atoms with Crippen molar-refractivity contribution in [2.45, 2.75) is 17.9 Å². The monoisotopic (exact) mass is 452 g/mol. The Kier molecular flexibility index (Phi) is 6.16. The highest BCUT2D eigenvalue weighted by Gasteiger charge is 2.28. The lowest BCUT2D eigenvalue weighted by atomic mass is 10.0. The number of anilines is 1. The number of sulfonamides is 1. The van der Waals surface area contributed by atoms with Crippen molar-refractivity contribution < 1.29 is 22.7 Å². The van der Waals surface area contributed by atoms with Crippen molar-refractivity contribution in [2.24, 2.45) is 0 Å². The fraction of sp³-hybridized carbons (Fsp3) is 0.208. The van der Waals surface area contributed by atoms with Gasteiger partial charge < -0.3 is 14.8 Å². The first-order valence-electron chi connectivity index (χ1n) is 10.1. The lowest BCUT2D eigenvalue weighted by molar-refractivity contribution is 0.102. The molecule has 0 unspecified atom stereocenters. The number of carbonyl (C=O) groups excluding carboxylic acids is 1. The largest absolute Gasteiger partial charge is 0.497 e. The number of amides is 1. The maximum Gasteiger partial charge on any atom is 0.255 e. The lowest BCUT2D eigenvalue weighted by Crippen LogP contribution is -2.36. The van der Waals surface area contributed by atoms with Crippen LogP contribution >= 0.6 is 0 Å². The van der Waals surface area contributed by atoms with Gasteiger partial charge in [-0.25, -0.2) is 8.42 Å². The van der Waals surface area contributed by atoms with Crippen molar-refractivity contribution in [3.63, 3.8) is 0 Å². The van der Waals surface area contributed by atoms with Crippen molar-refractivity contribution >= 4 is 21.6 Å². The van der Waals surface area contributed by atoms with Crippen molar-refractivity contribution in [1.82, 2.24) is 4.31 Å². The second kappa shape index (κ2) is 9.02. The Hall–Kier alpha value is -3.36. The van der Waals surface area contributed by atoms with Crippen LogP contribution in [0.25, 0.3) is 0 Å².